The minimum absolute atomic E-state index is 0.658. The van der Waals surface area contributed by atoms with Crippen molar-refractivity contribution in [3.05, 3.63) is 125 Å². The largest absolute Gasteiger partial charge is 0.523 e. The number of allylic oxidation sites excluding steroid dienone is 2. The average molecular weight is 826 g/mol. The van der Waals surface area contributed by atoms with Crippen LogP contribution in [0.15, 0.2) is 22.5 Å². The van der Waals surface area contributed by atoms with Crippen molar-refractivity contribution in [1.29, 1.82) is 10.5 Å². The summed E-state index contributed by atoms with van der Waals surface area (Å²) < 4.78 is 248. The van der Waals surface area contributed by atoms with Crippen molar-refractivity contribution < 1.29 is 74.6 Å². The van der Waals surface area contributed by atoms with Crippen LogP contribution in [0.2, 0.25) is 0 Å². The zero-order valence-corrected chi connectivity index (χ0v) is 27.4. The fraction of sp³-hybridized carbons (Fsp3) is 0.176. The molecular formula is C34H7F17N4S. The summed E-state index contributed by atoms with van der Waals surface area (Å²) >= 11 is -1.36. The quantitative estimate of drug-likeness (QED) is 0.114. The van der Waals surface area contributed by atoms with E-state index in [9.17, 15) is 50.0 Å². The van der Waals surface area contributed by atoms with Crippen molar-refractivity contribution in [1.82, 2.24) is 0 Å². The summed E-state index contributed by atoms with van der Waals surface area (Å²) in [4.78, 5) is 4.17. The van der Waals surface area contributed by atoms with Gasteiger partial charge in [-0.1, -0.05) is 0 Å². The first-order chi connectivity index (χ1) is 25.8. The first-order valence-electron chi connectivity index (χ1n) is 14.4. The SMILES string of the molecule is [C-]#[N+]C([N+]#[C-])=C1Cc2c(-c3c(F)c(F)c(C(F)(F)F)c(F)c3F)c3c(c(-c4c(F)c(F)c(C(F)(F)F)c(F)c4F)c2=C1C)CC(=C(C#N)C#N)C=3SC(F)(F)F. The number of nitrogens with zero attached hydrogens (tertiary/aromatic N) is 4. The Hall–Kier alpha value is -6.00. The van der Waals surface area contributed by atoms with E-state index in [0.29, 0.717) is 0 Å². The lowest BCUT2D eigenvalue weighted by molar-refractivity contribution is -0.144. The van der Waals surface area contributed by atoms with E-state index < -0.39 is 177 Å². The third kappa shape index (κ3) is 6.18. The van der Waals surface area contributed by atoms with E-state index in [0.717, 1.165) is 19.1 Å². The molecule has 22 heteroatoms. The molecule has 5 rings (SSSR count). The number of alkyl halides is 9. The Morgan fingerprint density at radius 3 is 1.27 bits per heavy atom. The highest BCUT2D eigenvalue weighted by Gasteiger charge is 2.47. The van der Waals surface area contributed by atoms with E-state index in [2.05, 4.69) is 9.69 Å². The lowest BCUT2D eigenvalue weighted by Crippen LogP contribution is -2.27. The van der Waals surface area contributed by atoms with Crippen LogP contribution in [-0.2, 0) is 25.2 Å². The number of hydrogen-bond acceptors (Lipinski definition) is 3. The summed E-state index contributed by atoms with van der Waals surface area (Å²) in [5, 5.41) is 16.6. The van der Waals surface area contributed by atoms with Crippen LogP contribution in [-0.4, -0.2) is 5.51 Å². The molecule has 0 spiro atoms. The van der Waals surface area contributed by atoms with Crippen molar-refractivity contribution in [2.24, 2.45) is 0 Å². The normalized spacial score (nSPS) is 14.0. The van der Waals surface area contributed by atoms with Crippen molar-refractivity contribution in [3.63, 3.8) is 0 Å². The van der Waals surface area contributed by atoms with Gasteiger partial charge in [-0.3, -0.25) is 0 Å². The van der Waals surface area contributed by atoms with Gasteiger partial charge in [0.25, 0.3) is 0 Å². The molecule has 0 aromatic heterocycles. The second-order valence-electron chi connectivity index (χ2n) is 11.4. The van der Waals surface area contributed by atoms with E-state index in [1.807, 2.05) is 0 Å². The van der Waals surface area contributed by atoms with E-state index in [-0.39, 0.29) is 0 Å². The summed E-state index contributed by atoms with van der Waals surface area (Å²) in [6.45, 7) is 15.5. The van der Waals surface area contributed by atoms with Gasteiger partial charge in [0.15, 0.2) is 46.5 Å². The second-order valence-corrected chi connectivity index (χ2v) is 12.5. The summed E-state index contributed by atoms with van der Waals surface area (Å²) in [6, 6.07) is 2.30. The van der Waals surface area contributed by atoms with Crippen LogP contribution >= 0.6 is 11.8 Å². The fourth-order valence-electron chi connectivity index (χ4n) is 6.49. The zero-order chi connectivity index (χ0) is 42.3. The van der Waals surface area contributed by atoms with Crippen molar-refractivity contribution in [2.45, 2.75) is 37.6 Å². The summed E-state index contributed by atoms with van der Waals surface area (Å²) in [5.41, 5.74) is -25.6. The van der Waals surface area contributed by atoms with Crippen molar-refractivity contribution in [2.75, 3.05) is 0 Å². The topological polar surface area (TPSA) is 56.3 Å². The molecule has 0 aliphatic heterocycles. The van der Waals surface area contributed by atoms with Gasteiger partial charge in [0, 0.05) is 22.1 Å². The van der Waals surface area contributed by atoms with Crippen molar-refractivity contribution >= 4 is 22.2 Å². The number of benzene rings is 3. The number of hydrogen-bond donors (Lipinski definition) is 0. The maximum absolute atomic E-state index is 15.9. The maximum Gasteiger partial charge on any atom is 0.523 e. The van der Waals surface area contributed by atoms with E-state index >= 15 is 35.1 Å². The number of nitriles is 2. The minimum Gasteiger partial charge on any atom is -0.203 e. The molecule has 0 unspecified atom stereocenters. The van der Waals surface area contributed by atoms with Gasteiger partial charge in [0.1, 0.15) is 42.0 Å². The number of halogens is 17. The Morgan fingerprint density at radius 2 is 0.929 bits per heavy atom. The van der Waals surface area contributed by atoms with Crippen LogP contribution < -0.4 is 10.4 Å². The molecule has 2 aliphatic carbocycles. The van der Waals surface area contributed by atoms with Gasteiger partial charge in [-0.25, -0.2) is 35.1 Å². The number of fused-ring (bicyclic) bond motifs is 2. The van der Waals surface area contributed by atoms with Crippen LogP contribution in [0.5, 0.6) is 0 Å². The third-order valence-electron chi connectivity index (χ3n) is 8.56. The van der Waals surface area contributed by atoms with Gasteiger partial charge in [0.05, 0.1) is 16.7 Å². The van der Waals surface area contributed by atoms with Gasteiger partial charge in [-0.2, -0.15) is 59.7 Å². The fourth-order valence-corrected chi connectivity index (χ4v) is 7.34. The summed E-state index contributed by atoms with van der Waals surface area (Å²) in [7, 11) is 0. The first kappa shape index (κ1) is 41.2. The van der Waals surface area contributed by atoms with Crippen LogP contribution in [0.1, 0.15) is 29.2 Å². The molecular weight excluding hydrogens is 819 g/mol. The molecule has 0 heterocycles. The highest BCUT2D eigenvalue weighted by Crippen LogP contribution is 2.50. The molecule has 4 nitrogen and oxygen atoms in total. The summed E-state index contributed by atoms with van der Waals surface area (Å²) in [6.07, 6.45) is -15.0. The third-order valence-corrected chi connectivity index (χ3v) is 9.45. The smallest absolute Gasteiger partial charge is 0.203 e. The molecule has 0 saturated heterocycles. The zero-order valence-electron chi connectivity index (χ0n) is 26.5. The number of rotatable bonds is 3. The highest BCUT2D eigenvalue weighted by atomic mass is 32.2. The van der Waals surface area contributed by atoms with Crippen LogP contribution in [0.25, 0.3) is 42.4 Å². The average Bonchev–Trinajstić information content (AvgIpc) is 3.60. The van der Waals surface area contributed by atoms with Gasteiger partial charge >= 0.3 is 23.7 Å². The predicted molar refractivity (Wildman–Crippen MR) is 158 cm³/mol. The van der Waals surface area contributed by atoms with E-state index in [1.54, 1.807) is 0 Å². The Balaban J connectivity index is 2.30. The van der Waals surface area contributed by atoms with E-state index in [1.165, 1.54) is 0 Å². The minimum atomic E-state index is -6.18. The summed E-state index contributed by atoms with van der Waals surface area (Å²) in [5.74, 6) is -25.4. The molecule has 56 heavy (non-hydrogen) atoms. The highest BCUT2D eigenvalue weighted by molar-refractivity contribution is 8.09. The molecule has 0 saturated carbocycles. The van der Waals surface area contributed by atoms with Crippen LogP contribution in [0.4, 0.5) is 74.6 Å². The van der Waals surface area contributed by atoms with Crippen LogP contribution in [0.3, 0.4) is 0 Å². The predicted octanol–water partition coefficient (Wildman–Crippen LogP) is 10.2. The molecule has 0 radical (unpaired) electrons. The Morgan fingerprint density at radius 1 is 0.571 bits per heavy atom. The van der Waals surface area contributed by atoms with Gasteiger partial charge in [-0.05, 0) is 58.2 Å². The first-order valence-corrected chi connectivity index (χ1v) is 15.2. The van der Waals surface area contributed by atoms with E-state index in [4.69, 9.17) is 13.1 Å². The maximum atomic E-state index is 15.9. The Kier molecular flexibility index (Phi) is 10.0. The van der Waals surface area contributed by atoms with Crippen molar-refractivity contribution in [3.8, 4) is 34.4 Å². The van der Waals surface area contributed by atoms with Gasteiger partial charge in [0.2, 0.25) is 0 Å². The standard InChI is InChI=1S/C34H7F17N4S/c1-8-10(31(54-2)55-3)4-12-14(8)15(18-22(35)26(39)20(32(43,44)45)27(40)23(18)36)13-5-11(9(6-52)7-53)30(56-34(49,50)51)17(13)16(12)19-24(37)28(41)21(33(46,47)48)29(42)25(19)38/h4-5H2,1H3. The number of thioether (sulfide) groups is 1. The molecule has 0 amide bonds. The lowest BCUT2D eigenvalue weighted by atomic mass is 9.85. The molecule has 0 N–H and O–H groups in total. The molecule has 0 fully saturated rings. The Bertz CT molecular complexity index is 2620. The Labute approximate surface area is 304 Å². The second kappa shape index (κ2) is 13.6. The van der Waals surface area contributed by atoms with Crippen LogP contribution in [0, 0.1) is 82.3 Å². The molecule has 3 aromatic rings. The monoisotopic (exact) mass is 826 g/mol. The molecule has 0 atom stereocenters. The molecule has 3 aromatic carbocycles. The van der Waals surface area contributed by atoms with Gasteiger partial charge < -0.3 is 0 Å². The lowest BCUT2D eigenvalue weighted by Gasteiger charge is -2.21. The molecule has 2 aliphatic rings. The molecule has 288 valence electrons. The van der Waals surface area contributed by atoms with Gasteiger partial charge in [-0.15, -0.1) is 0 Å². The molecule has 0 bridgehead atoms.